The van der Waals surface area contributed by atoms with E-state index in [1.165, 1.54) is 12.1 Å². The van der Waals surface area contributed by atoms with Gasteiger partial charge in [0.05, 0.1) is 26.2 Å². The summed E-state index contributed by atoms with van der Waals surface area (Å²) < 4.78 is 30.6. The van der Waals surface area contributed by atoms with E-state index in [9.17, 15) is 9.18 Å². The number of amides is 1. The molecule has 0 aliphatic carbocycles. The topological polar surface area (TPSA) is 126 Å². The number of ether oxygens (including phenoxy) is 3. The van der Waals surface area contributed by atoms with Gasteiger partial charge in [-0.25, -0.2) is 14.0 Å². The van der Waals surface area contributed by atoms with E-state index in [4.69, 9.17) is 34.0 Å². The fourth-order valence-corrected chi connectivity index (χ4v) is 5.10. The Hall–Kier alpha value is -3.54. The first-order valence-corrected chi connectivity index (χ1v) is 15.3. The van der Waals surface area contributed by atoms with Crippen LogP contribution in [0.15, 0.2) is 48.5 Å². The maximum absolute atomic E-state index is 13.6. The van der Waals surface area contributed by atoms with Crippen LogP contribution in [-0.4, -0.2) is 96.2 Å². The van der Waals surface area contributed by atoms with Crippen LogP contribution in [-0.2, 0) is 36.7 Å². The lowest BCUT2D eigenvalue weighted by Crippen LogP contribution is -2.49. The Labute approximate surface area is 258 Å². The highest BCUT2D eigenvalue weighted by Crippen LogP contribution is 2.21. The highest BCUT2D eigenvalue weighted by molar-refractivity contribution is 6.27. The van der Waals surface area contributed by atoms with Crippen molar-refractivity contribution in [1.82, 2.24) is 9.80 Å². The summed E-state index contributed by atoms with van der Waals surface area (Å²) in [4.78, 5) is 36.3. The lowest BCUT2D eigenvalue weighted by atomic mass is 10.0. The number of hydrogen-bond acceptors (Lipinski definition) is 7. The maximum atomic E-state index is 13.6. The first-order chi connectivity index (χ1) is 21.1. The summed E-state index contributed by atoms with van der Waals surface area (Å²) in [5, 5.41) is 14.8. The Morgan fingerprint density at radius 1 is 0.955 bits per heavy atom. The third-order valence-electron chi connectivity index (χ3n) is 7.50. The molecule has 1 amide bonds. The number of hydrogen-bond donors (Lipinski definition) is 2. The van der Waals surface area contributed by atoms with Crippen LogP contribution in [0.3, 0.4) is 0 Å². The van der Waals surface area contributed by atoms with E-state index in [1.54, 1.807) is 0 Å². The highest BCUT2D eigenvalue weighted by Gasteiger charge is 2.28. The van der Waals surface area contributed by atoms with E-state index in [-0.39, 0.29) is 24.1 Å². The number of piperidine rings is 1. The largest absolute Gasteiger partial charge is 0.493 e. The van der Waals surface area contributed by atoms with Crippen LogP contribution in [0.4, 0.5) is 4.39 Å². The van der Waals surface area contributed by atoms with Crippen molar-refractivity contribution >= 4 is 17.8 Å². The molecule has 0 saturated carbocycles. The van der Waals surface area contributed by atoms with E-state index in [2.05, 4.69) is 23.6 Å². The van der Waals surface area contributed by atoms with Gasteiger partial charge in [0.1, 0.15) is 11.6 Å². The lowest BCUT2D eigenvalue weighted by molar-refractivity contribution is -0.182. The van der Waals surface area contributed by atoms with Gasteiger partial charge in [-0.05, 0) is 67.0 Å². The third-order valence-corrected chi connectivity index (χ3v) is 7.50. The minimum atomic E-state index is -1.82. The Kier molecular flexibility index (Phi) is 14.5. The van der Waals surface area contributed by atoms with Gasteiger partial charge in [0, 0.05) is 38.6 Å². The number of rotatable bonds is 12. The number of carboxylic acids is 2. The van der Waals surface area contributed by atoms with Gasteiger partial charge >= 0.3 is 11.9 Å². The number of benzene rings is 2. The fourth-order valence-electron chi connectivity index (χ4n) is 5.10. The van der Waals surface area contributed by atoms with Gasteiger partial charge in [-0.3, -0.25) is 4.79 Å². The molecule has 0 aromatic heterocycles. The highest BCUT2D eigenvalue weighted by atomic mass is 19.1. The number of halogens is 1. The molecule has 2 fully saturated rings. The molecular formula is C33H45FN2O8. The predicted octanol–water partition coefficient (Wildman–Crippen LogP) is 4.25. The molecule has 242 valence electrons. The summed E-state index contributed by atoms with van der Waals surface area (Å²) in [5.74, 6) is -2.44. The zero-order valence-electron chi connectivity index (χ0n) is 25.7. The Bertz CT molecular complexity index is 1150. The zero-order chi connectivity index (χ0) is 31.9. The normalized spacial score (nSPS) is 16.2. The minimum absolute atomic E-state index is 0.0857. The fraction of sp³-hybridized carbons (Fsp3) is 0.545. The molecule has 4 rings (SSSR count). The molecule has 0 radical (unpaired) electrons. The van der Waals surface area contributed by atoms with Gasteiger partial charge in [-0.1, -0.05) is 38.1 Å². The van der Waals surface area contributed by atoms with Gasteiger partial charge in [-0.2, -0.15) is 0 Å². The van der Waals surface area contributed by atoms with E-state index in [0.29, 0.717) is 31.9 Å². The van der Waals surface area contributed by atoms with Crippen LogP contribution in [0.1, 0.15) is 50.7 Å². The van der Waals surface area contributed by atoms with Crippen LogP contribution in [0.2, 0.25) is 0 Å². The molecule has 44 heavy (non-hydrogen) atoms. The van der Waals surface area contributed by atoms with Crippen molar-refractivity contribution in [2.24, 2.45) is 5.92 Å². The van der Waals surface area contributed by atoms with E-state index in [1.807, 2.05) is 36.4 Å². The Morgan fingerprint density at radius 2 is 1.55 bits per heavy atom. The Morgan fingerprint density at radius 3 is 2.11 bits per heavy atom. The first-order valence-electron chi connectivity index (χ1n) is 15.3. The van der Waals surface area contributed by atoms with E-state index < -0.39 is 11.9 Å². The van der Waals surface area contributed by atoms with Crippen molar-refractivity contribution in [3.05, 3.63) is 65.5 Å². The van der Waals surface area contributed by atoms with Crippen LogP contribution < -0.4 is 4.74 Å². The van der Waals surface area contributed by atoms with Crippen molar-refractivity contribution in [3.63, 3.8) is 0 Å². The van der Waals surface area contributed by atoms with Crippen molar-refractivity contribution in [2.45, 2.75) is 64.7 Å². The van der Waals surface area contributed by atoms with Crippen molar-refractivity contribution < 1.29 is 43.2 Å². The average molecular weight is 617 g/mol. The third kappa shape index (κ3) is 12.6. The molecule has 2 saturated heterocycles. The first kappa shape index (κ1) is 34.9. The van der Waals surface area contributed by atoms with Gasteiger partial charge in [0.2, 0.25) is 5.91 Å². The molecule has 2 heterocycles. The number of aliphatic carboxylic acids is 2. The predicted molar refractivity (Wildman–Crippen MR) is 162 cm³/mol. The van der Waals surface area contributed by atoms with Gasteiger partial charge in [0.15, 0.2) is 6.29 Å². The summed E-state index contributed by atoms with van der Waals surface area (Å²) >= 11 is 0. The molecule has 0 bridgehead atoms. The average Bonchev–Trinajstić information content (AvgIpc) is 3.02. The molecule has 2 N–H and O–H groups in total. The number of carboxylic acid groups (broad SMARTS) is 2. The lowest BCUT2D eigenvalue weighted by Gasteiger charge is -2.39. The smallest absolute Gasteiger partial charge is 0.414 e. The Balaban J connectivity index is 0.000000801. The molecular weight excluding hydrogens is 571 g/mol. The van der Waals surface area contributed by atoms with Gasteiger partial charge in [-0.15, -0.1) is 0 Å². The molecule has 11 heteroatoms. The molecule has 2 aromatic rings. The molecule has 0 atom stereocenters. The second kappa shape index (κ2) is 18.3. The summed E-state index contributed by atoms with van der Waals surface area (Å²) in [6.07, 6.45) is 4.74. The molecule has 0 spiro atoms. The van der Waals surface area contributed by atoms with Gasteiger partial charge in [0.25, 0.3) is 0 Å². The molecule has 2 aliphatic heterocycles. The van der Waals surface area contributed by atoms with Crippen LogP contribution in [0, 0.1) is 11.7 Å². The molecule has 2 aliphatic rings. The van der Waals surface area contributed by atoms with E-state index >= 15 is 0 Å². The number of likely N-dealkylation sites (tertiary alicyclic amines) is 1. The van der Waals surface area contributed by atoms with Crippen LogP contribution >= 0.6 is 0 Å². The zero-order valence-corrected chi connectivity index (χ0v) is 25.7. The molecule has 2 aromatic carbocycles. The standard InChI is InChI=1S/C31H43FN2O4.C2H2O4/c1-24(2)23-38-29-10-6-26(7-11-29)22-30(35)34(19-12-25-4-8-27(32)9-5-25)28-13-16-33(17-14-28)18-15-31-36-20-3-21-37-31;3-1(4)2(5)6/h4-11,24,28,31H,3,12-23H2,1-2H3;(H,3,4)(H,5,6). The summed E-state index contributed by atoms with van der Waals surface area (Å²) in [6, 6.07) is 14.7. The summed E-state index contributed by atoms with van der Waals surface area (Å²) in [5.41, 5.74) is 2.03. The van der Waals surface area contributed by atoms with Crippen molar-refractivity contribution in [1.29, 1.82) is 0 Å². The second-order valence-corrected chi connectivity index (χ2v) is 11.5. The van der Waals surface area contributed by atoms with Crippen LogP contribution in [0.25, 0.3) is 0 Å². The summed E-state index contributed by atoms with van der Waals surface area (Å²) in [6.45, 7) is 9.99. The van der Waals surface area contributed by atoms with Gasteiger partial charge < -0.3 is 34.2 Å². The molecule has 10 nitrogen and oxygen atoms in total. The quantitative estimate of drug-likeness (QED) is 0.337. The number of nitrogens with zero attached hydrogens (tertiary/aromatic N) is 2. The monoisotopic (exact) mass is 616 g/mol. The van der Waals surface area contributed by atoms with Crippen molar-refractivity contribution in [3.8, 4) is 5.75 Å². The number of carbonyl (C=O) groups is 3. The maximum Gasteiger partial charge on any atom is 0.414 e. The molecule has 0 unspecified atom stereocenters. The van der Waals surface area contributed by atoms with E-state index in [0.717, 1.165) is 75.4 Å². The van der Waals surface area contributed by atoms with Crippen molar-refractivity contribution in [2.75, 3.05) is 46.0 Å². The summed E-state index contributed by atoms with van der Waals surface area (Å²) in [7, 11) is 0. The number of carbonyl (C=O) groups excluding carboxylic acids is 1. The minimum Gasteiger partial charge on any atom is -0.493 e. The SMILES string of the molecule is CC(C)COc1ccc(CC(=O)N(CCc2ccc(F)cc2)C2CCN(CCC3OCCCO3)CC2)cc1.O=C(O)C(=O)O. The van der Waals surface area contributed by atoms with Crippen LogP contribution in [0.5, 0.6) is 5.75 Å². The second-order valence-electron chi connectivity index (χ2n) is 11.5.